The summed E-state index contributed by atoms with van der Waals surface area (Å²) in [5, 5.41) is 8.65. The van der Waals surface area contributed by atoms with Crippen molar-refractivity contribution in [2.45, 2.75) is 11.2 Å². The van der Waals surface area contributed by atoms with Crippen molar-refractivity contribution in [1.82, 2.24) is 14.5 Å². The van der Waals surface area contributed by atoms with Crippen LogP contribution in [0.2, 0.25) is 0 Å². The van der Waals surface area contributed by atoms with Crippen molar-refractivity contribution >= 4 is 51.8 Å². The van der Waals surface area contributed by atoms with Gasteiger partial charge in [0.15, 0.2) is 6.29 Å². The third kappa shape index (κ3) is 4.21. The summed E-state index contributed by atoms with van der Waals surface area (Å²) in [5.74, 6) is 1.72. The van der Waals surface area contributed by atoms with E-state index in [2.05, 4.69) is 56.5 Å². The number of anilines is 3. The fourth-order valence-corrected chi connectivity index (χ4v) is 4.52. The molecule has 0 amide bonds. The third-order valence-corrected chi connectivity index (χ3v) is 6.67. The maximum absolute atomic E-state index is 6.39. The maximum Gasteiger partial charge on any atom is 0.197 e. The van der Waals surface area contributed by atoms with Crippen molar-refractivity contribution in [2.75, 3.05) is 57.6 Å². The number of benzene rings is 2. The Balaban J connectivity index is 1.65. The van der Waals surface area contributed by atoms with Crippen LogP contribution in [-0.4, -0.2) is 68.5 Å². The minimum absolute atomic E-state index is 0.324. The first-order valence-electron chi connectivity index (χ1n) is 10.6. The molecule has 0 aliphatic carbocycles. The molecule has 1 unspecified atom stereocenters. The lowest BCUT2D eigenvalue weighted by molar-refractivity contribution is 0.369. The lowest BCUT2D eigenvalue weighted by Crippen LogP contribution is -2.39. The predicted octanol–water partition coefficient (Wildman–Crippen LogP) is 4.08. The molecule has 4 rings (SSSR count). The van der Waals surface area contributed by atoms with E-state index in [-0.39, 0.29) is 6.29 Å². The molecule has 0 radical (unpaired) electrons. The van der Waals surface area contributed by atoms with E-state index < -0.39 is 0 Å². The van der Waals surface area contributed by atoms with Crippen LogP contribution in [0.15, 0.2) is 58.6 Å². The van der Waals surface area contributed by atoms with Gasteiger partial charge in [-0.3, -0.25) is 0 Å². The highest BCUT2D eigenvalue weighted by Crippen LogP contribution is 2.37. The van der Waals surface area contributed by atoms with E-state index in [1.54, 1.807) is 18.9 Å². The molecule has 1 aromatic heterocycles. The lowest BCUT2D eigenvalue weighted by Gasteiger charge is -2.34. The van der Waals surface area contributed by atoms with Gasteiger partial charge in [0, 0.05) is 57.0 Å². The summed E-state index contributed by atoms with van der Waals surface area (Å²) < 4.78 is 7.89. The summed E-state index contributed by atoms with van der Waals surface area (Å²) in [5.41, 5.74) is 9.84. The van der Waals surface area contributed by atoms with Crippen molar-refractivity contribution < 1.29 is 4.74 Å². The average Bonchev–Trinajstić information content (AvgIpc) is 3.19. The highest BCUT2D eigenvalue weighted by Gasteiger charge is 2.23. The fraction of sp³-hybridized carbons (Fsp3) is 0.292. The van der Waals surface area contributed by atoms with Gasteiger partial charge in [-0.15, -0.1) is 11.8 Å². The molecule has 3 N–H and O–H groups in total. The normalized spacial score (nSPS) is 15.8. The van der Waals surface area contributed by atoms with Crippen molar-refractivity contribution in [3.05, 3.63) is 48.7 Å². The van der Waals surface area contributed by atoms with Crippen LogP contribution < -0.4 is 20.8 Å². The number of aromatic nitrogens is 1. The van der Waals surface area contributed by atoms with Gasteiger partial charge in [-0.1, -0.05) is 18.2 Å². The van der Waals surface area contributed by atoms with E-state index in [0.717, 1.165) is 22.7 Å². The Kier molecular flexibility index (Phi) is 6.44. The number of aliphatic imine (C=N–C) groups is 1. The summed E-state index contributed by atoms with van der Waals surface area (Å²) in [6.45, 7) is 0. The number of methoxy groups -OCH3 is 1. The van der Waals surface area contributed by atoms with E-state index in [0.29, 0.717) is 11.4 Å². The van der Waals surface area contributed by atoms with Crippen LogP contribution in [0.1, 0.15) is 0 Å². The minimum Gasteiger partial charge on any atom is -0.495 e. The largest absolute Gasteiger partial charge is 0.495 e. The van der Waals surface area contributed by atoms with Gasteiger partial charge in [-0.05, 0) is 24.5 Å². The molecule has 8 nitrogen and oxygen atoms in total. The second kappa shape index (κ2) is 9.29. The molecule has 2 aromatic carbocycles. The van der Waals surface area contributed by atoms with E-state index in [1.165, 1.54) is 10.3 Å². The molecule has 9 heteroatoms. The first-order chi connectivity index (χ1) is 15.8. The quantitative estimate of drug-likeness (QED) is 0.309. The zero-order valence-corrected chi connectivity index (χ0v) is 20.7. The number of fused-ring (bicyclic) bond motifs is 1. The van der Waals surface area contributed by atoms with Gasteiger partial charge in [0.25, 0.3) is 0 Å². The number of hydrogen-bond acceptors (Lipinski definition) is 8. The predicted molar refractivity (Wildman–Crippen MR) is 141 cm³/mol. The molecule has 174 valence electrons. The number of nitrogens with two attached hydrogens (primary N) is 1. The van der Waals surface area contributed by atoms with Crippen LogP contribution in [-0.2, 0) is 0 Å². The number of ether oxygens (including phenoxy) is 1. The molecular weight excluding hydrogens is 434 g/mol. The Morgan fingerprint density at radius 2 is 1.94 bits per heavy atom. The van der Waals surface area contributed by atoms with Crippen molar-refractivity contribution in [1.29, 1.82) is 0 Å². The molecular formula is C24H31N7OS. The molecule has 1 aliphatic heterocycles. The summed E-state index contributed by atoms with van der Waals surface area (Å²) in [4.78, 5) is 8.00. The van der Waals surface area contributed by atoms with Gasteiger partial charge in [0.2, 0.25) is 0 Å². The number of nitrogen functional groups attached to an aromatic ring is 1. The Morgan fingerprint density at radius 1 is 1.18 bits per heavy atom. The van der Waals surface area contributed by atoms with Crippen LogP contribution in [0, 0.1) is 0 Å². The molecule has 0 bridgehead atoms. The molecule has 2 heterocycles. The van der Waals surface area contributed by atoms with Gasteiger partial charge >= 0.3 is 0 Å². The molecule has 3 aromatic rings. The Labute approximate surface area is 199 Å². The van der Waals surface area contributed by atoms with Gasteiger partial charge < -0.3 is 30.3 Å². The molecule has 0 fully saturated rings. The lowest BCUT2D eigenvalue weighted by atomic mass is 10.2. The van der Waals surface area contributed by atoms with Gasteiger partial charge in [0.1, 0.15) is 11.6 Å². The monoisotopic (exact) mass is 465 g/mol. The first-order valence-corrected chi connectivity index (χ1v) is 11.8. The van der Waals surface area contributed by atoms with Crippen LogP contribution in [0.3, 0.4) is 0 Å². The van der Waals surface area contributed by atoms with Gasteiger partial charge in [-0.2, -0.15) is 0 Å². The van der Waals surface area contributed by atoms with Crippen LogP contribution in [0.25, 0.3) is 16.7 Å². The zero-order valence-electron chi connectivity index (χ0n) is 19.9. The van der Waals surface area contributed by atoms with E-state index in [9.17, 15) is 0 Å². The highest BCUT2D eigenvalue weighted by molar-refractivity contribution is 7.98. The van der Waals surface area contributed by atoms with E-state index in [1.807, 2.05) is 62.6 Å². The van der Waals surface area contributed by atoms with Gasteiger partial charge in [0.05, 0.1) is 29.7 Å². The minimum atomic E-state index is -0.324. The molecule has 1 aliphatic rings. The number of nitrogens with zero attached hydrogens (tertiary/aromatic N) is 5. The van der Waals surface area contributed by atoms with Crippen molar-refractivity contribution in [3.63, 3.8) is 0 Å². The van der Waals surface area contributed by atoms with Crippen molar-refractivity contribution in [3.8, 4) is 5.75 Å². The number of thioether (sulfide) groups is 1. The summed E-state index contributed by atoms with van der Waals surface area (Å²) in [6.07, 6.45) is 7.82. The maximum atomic E-state index is 6.39. The SMILES string of the molecule is COc1cc(N(C)N(C)C)c(N)cc1NC1N=CC=C(n2cc(SC)c3ccccc32)N1C. The number of hydrogen-bond donors (Lipinski definition) is 2. The van der Waals surface area contributed by atoms with E-state index >= 15 is 0 Å². The number of nitrogens with one attached hydrogen (secondary N) is 1. The molecule has 0 spiro atoms. The molecule has 0 saturated carbocycles. The van der Waals surface area contributed by atoms with E-state index in [4.69, 9.17) is 10.5 Å². The molecule has 0 saturated heterocycles. The van der Waals surface area contributed by atoms with Crippen LogP contribution in [0.5, 0.6) is 5.75 Å². The Hall–Kier alpha value is -3.30. The standard InChI is InChI=1S/C24H31N7OS/c1-28(2)30(4)20-14-21(32-5)18(13-17(20)25)27-24-26-12-11-23(29(24)3)31-15-22(33-6)16-9-7-8-10-19(16)31/h7-15,24,27H,25H2,1-6H3. The topological polar surface area (TPSA) is 74.3 Å². The fourth-order valence-electron chi connectivity index (χ4n) is 3.92. The number of allylic oxidation sites excluding steroid dienone is 1. The third-order valence-electron chi connectivity index (χ3n) is 5.90. The van der Waals surface area contributed by atoms with Crippen molar-refractivity contribution in [2.24, 2.45) is 4.99 Å². The first kappa shape index (κ1) is 22.9. The Morgan fingerprint density at radius 3 is 2.64 bits per heavy atom. The number of para-hydroxylation sites is 1. The molecule has 1 atom stereocenters. The molecule has 33 heavy (non-hydrogen) atoms. The number of rotatable bonds is 7. The zero-order chi connectivity index (χ0) is 23.7. The average molecular weight is 466 g/mol. The summed E-state index contributed by atoms with van der Waals surface area (Å²) >= 11 is 1.75. The smallest absolute Gasteiger partial charge is 0.197 e. The Bertz CT molecular complexity index is 1220. The highest BCUT2D eigenvalue weighted by atomic mass is 32.2. The van der Waals surface area contributed by atoms with Crippen LogP contribution in [0.4, 0.5) is 17.1 Å². The summed E-state index contributed by atoms with van der Waals surface area (Å²) in [7, 11) is 9.57. The van der Waals surface area contributed by atoms with Crippen LogP contribution >= 0.6 is 11.8 Å². The summed E-state index contributed by atoms with van der Waals surface area (Å²) in [6, 6.07) is 12.3. The second-order valence-corrected chi connectivity index (χ2v) is 8.87. The van der Waals surface area contributed by atoms with Gasteiger partial charge in [-0.25, -0.2) is 10.0 Å². The number of hydrazine groups is 1. The second-order valence-electron chi connectivity index (χ2n) is 8.02.